The van der Waals surface area contributed by atoms with Crippen LogP contribution >= 0.6 is 15.9 Å². The fourth-order valence-electron chi connectivity index (χ4n) is 2.36. The largest absolute Gasteiger partial charge is 0.364 e. The molecule has 1 aliphatic rings. The number of rotatable bonds is 2. The van der Waals surface area contributed by atoms with Gasteiger partial charge >= 0.3 is 0 Å². The van der Waals surface area contributed by atoms with Crippen LogP contribution in [0.5, 0.6) is 0 Å². The van der Waals surface area contributed by atoms with E-state index in [1.165, 1.54) is 11.4 Å². The highest BCUT2D eigenvalue weighted by atomic mass is 79.9. The molecule has 18 heavy (non-hydrogen) atoms. The molecule has 5 heteroatoms. The summed E-state index contributed by atoms with van der Waals surface area (Å²) in [7, 11) is 0. The van der Waals surface area contributed by atoms with Gasteiger partial charge in [-0.05, 0) is 24.3 Å². The second-order valence-electron chi connectivity index (χ2n) is 4.43. The van der Waals surface area contributed by atoms with Gasteiger partial charge in [-0.2, -0.15) is 0 Å². The lowest BCUT2D eigenvalue weighted by molar-refractivity contribution is 0.568. The first-order chi connectivity index (χ1) is 8.78. The van der Waals surface area contributed by atoms with Gasteiger partial charge in [-0.25, -0.2) is 4.98 Å². The lowest BCUT2D eigenvalue weighted by atomic mass is 10.2. The first-order valence-corrected chi connectivity index (χ1v) is 6.80. The molecule has 0 atom stereocenters. The molecule has 94 valence electrons. The Morgan fingerprint density at radius 2 is 2.00 bits per heavy atom. The van der Waals surface area contributed by atoms with Crippen LogP contribution in [-0.2, 0) is 19.6 Å². The van der Waals surface area contributed by atoms with Crippen molar-refractivity contribution in [1.29, 1.82) is 0 Å². The molecule has 0 unspecified atom stereocenters. The molecule has 0 bridgehead atoms. The van der Waals surface area contributed by atoms with Crippen molar-refractivity contribution < 1.29 is 0 Å². The van der Waals surface area contributed by atoms with Gasteiger partial charge in [0.05, 0.1) is 24.3 Å². The first kappa shape index (κ1) is 11.7. The molecular formula is C13H15BrN4. The van der Waals surface area contributed by atoms with Crippen molar-refractivity contribution in [3.05, 3.63) is 46.5 Å². The molecule has 0 saturated carbocycles. The number of aromatic nitrogens is 2. The zero-order valence-corrected chi connectivity index (χ0v) is 11.6. The highest BCUT2D eigenvalue weighted by Gasteiger charge is 2.19. The Hall–Kier alpha value is -1.33. The number of nitrogens with zero attached hydrogens (tertiary/aromatic N) is 3. The highest BCUT2D eigenvalue weighted by molar-refractivity contribution is 9.10. The molecule has 3 rings (SSSR count). The molecule has 1 aromatic carbocycles. The van der Waals surface area contributed by atoms with Crippen molar-refractivity contribution in [2.24, 2.45) is 5.73 Å². The van der Waals surface area contributed by atoms with E-state index >= 15 is 0 Å². The Kier molecular flexibility index (Phi) is 3.09. The Labute approximate surface area is 115 Å². The fourth-order valence-corrected chi connectivity index (χ4v) is 2.62. The summed E-state index contributed by atoms with van der Waals surface area (Å²) in [6.07, 6.45) is 1.90. The number of nitrogens with two attached hydrogens (primary N) is 1. The van der Waals surface area contributed by atoms with Crippen molar-refractivity contribution in [3.8, 4) is 0 Å². The molecule has 1 aliphatic heterocycles. The third-order valence-electron chi connectivity index (χ3n) is 3.37. The van der Waals surface area contributed by atoms with Gasteiger partial charge in [-0.15, -0.1) is 0 Å². The molecular weight excluding hydrogens is 292 g/mol. The SMILES string of the molecule is NCc1ncn2c1CN(c1ccc(Br)cc1)CC2. The van der Waals surface area contributed by atoms with E-state index in [0.29, 0.717) is 6.54 Å². The van der Waals surface area contributed by atoms with E-state index in [4.69, 9.17) is 5.73 Å². The third-order valence-corrected chi connectivity index (χ3v) is 3.90. The molecule has 0 fully saturated rings. The van der Waals surface area contributed by atoms with Crippen LogP contribution in [0.25, 0.3) is 0 Å². The second kappa shape index (κ2) is 4.74. The lowest BCUT2D eigenvalue weighted by Gasteiger charge is -2.30. The third kappa shape index (κ3) is 2.04. The van der Waals surface area contributed by atoms with Gasteiger partial charge in [0.2, 0.25) is 0 Å². The molecule has 0 spiro atoms. The summed E-state index contributed by atoms with van der Waals surface area (Å²) in [5, 5.41) is 0. The number of hydrogen-bond acceptors (Lipinski definition) is 3. The zero-order valence-electron chi connectivity index (χ0n) is 10.0. The summed E-state index contributed by atoms with van der Waals surface area (Å²) < 4.78 is 3.31. The Balaban J connectivity index is 1.87. The van der Waals surface area contributed by atoms with Crippen molar-refractivity contribution in [3.63, 3.8) is 0 Å². The van der Waals surface area contributed by atoms with Gasteiger partial charge < -0.3 is 15.2 Å². The molecule has 0 amide bonds. The normalized spacial score (nSPS) is 14.7. The van der Waals surface area contributed by atoms with Gasteiger partial charge in [0.15, 0.2) is 0 Å². The van der Waals surface area contributed by atoms with Gasteiger partial charge in [-0.3, -0.25) is 0 Å². The summed E-state index contributed by atoms with van der Waals surface area (Å²) in [5.41, 5.74) is 9.22. The summed E-state index contributed by atoms with van der Waals surface area (Å²) in [5.74, 6) is 0. The number of halogens is 1. The monoisotopic (exact) mass is 306 g/mol. The minimum atomic E-state index is 0.510. The van der Waals surface area contributed by atoms with E-state index in [0.717, 1.165) is 29.8 Å². The maximum atomic E-state index is 5.72. The molecule has 0 radical (unpaired) electrons. The summed E-state index contributed by atoms with van der Waals surface area (Å²) in [6, 6.07) is 8.42. The highest BCUT2D eigenvalue weighted by Crippen LogP contribution is 2.24. The summed E-state index contributed by atoms with van der Waals surface area (Å²) in [6.45, 7) is 3.37. The van der Waals surface area contributed by atoms with E-state index in [1.54, 1.807) is 0 Å². The van der Waals surface area contributed by atoms with E-state index < -0.39 is 0 Å². The topological polar surface area (TPSA) is 47.1 Å². The van der Waals surface area contributed by atoms with Crippen LogP contribution < -0.4 is 10.6 Å². The number of fused-ring (bicyclic) bond motifs is 1. The molecule has 2 heterocycles. The van der Waals surface area contributed by atoms with Crippen LogP contribution in [-0.4, -0.2) is 16.1 Å². The summed E-state index contributed by atoms with van der Waals surface area (Å²) >= 11 is 3.46. The number of hydrogen-bond donors (Lipinski definition) is 1. The molecule has 4 nitrogen and oxygen atoms in total. The molecule has 0 aliphatic carbocycles. The predicted octanol–water partition coefficient (Wildman–Crippen LogP) is 2.12. The predicted molar refractivity (Wildman–Crippen MR) is 75.3 cm³/mol. The number of benzene rings is 1. The van der Waals surface area contributed by atoms with Crippen LogP contribution in [0.2, 0.25) is 0 Å². The maximum absolute atomic E-state index is 5.72. The molecule has 2 N–H and O–H groups in total. The fraction of sp³-hybridized carbons (Fsp3) is 0.308. The van der Waals surface area contributed by atoms with Gasteiger partial charge in [0.25, 0.3) is 0 Å². The Morgan fingerprint density at radius 1 is 1.22 bits per heavy atom. The zero-order chi connectivity index (χ0) is 12.5. The van der Waals surface area contributed by atoms with E-state index in [9.17, 15) is 0 Å². The standard InChI is InChI=1S/C13H15BrN4/c14-10-1-3-11(4-2-10)17-5-6-18-9-16-12(7-15)13(18)8-17/h1-4,9H,5-8,15H2. The quantitative estimate of drug-likeness (QED) is 0.924. The average Bonchev–Trinajstić information content (AvgIpc) is 2.81. The van der Waals surface area contributed by atoms with Gasteiger partial charge in [0, 0.05) is 29.8 Å². The van der Waals surface area contributed by atoms with Crippen LogP contribution in [0.1, 0.15) is 11.4 Å². The Morgan fingerprint density at radius 3 is 2.72 bits per heavy atom. The smallest absolute Gasteiger partial charge is 0.0953 e. The summed E-state index contributed by atoms with van der Waals surface area (Å²) in [4.78, 5) is 6.73. The van der Waals surface area contributed by atoms with E-state index in [-0.39, 0.29) is 0 Å². The van der Waals surface area contributed by atoms with Crippen molar-refractivity contribution >= 4 is 21.6 Å². The number of anilines is 1. The van der Waals surface area contributed by atoms with Crippen molar-refractivity contribution in [2.45, 2.75) is 19.6 Å². The van der Waals surface area contributed by atoms with Crippen molar-refractivity contribution in [1.82, 2.24) is 9.55 Å². The molecule has 1 aromatic heterocycles. The maximum Gasteiger partial charge on any atom is 0.0953 e. The first-order valence-electron chi connectivity index (χ1n) is 6.01. The van der Waals surface area contributed by atoms with Gasteiger partial charge in [-0.1, -0.05) is 15.9 Å². The van der Waals surface area contributed by atoms with E-state index in [1.807, 2.05) is 6.33 Å². The second-order valence-corrected chi connectivity index (χ2v) is 5.35. The molecule has 2 aromatic rings. The Bertz CT molecular complexity index is 533. The van der Waals surface area contributed by atoms with Crippen LogP contribution in [0.3, 0.4) is 0 Å². The van der Waals surface area contributed by atoms with Crippen LogP contribution in [0.4, 0.5) is 5.69 Å². The van der Waals surface area contributed by atoms with Crippen LogP contribution in [0.15, 0.2) is 35.1 Å². The van der Waals surface area contributed by atoms with Crippen LogP contribution in [0, 0.1) is 0 Å². The number of imidazole rings is 1. The van der Waals surface area contributed by atoms with Crippen molar-refractivity contribution in [2.75, 3.05) is 11.4 Å². The van der Waals surface area contributed by atoms with E-state index in [2.05, 4.69) is 54.6 Å². The average molecular weight is 307 g/mol. The molecule has 0 saturated heterocycles. The minimum absolute atomic E-state index is 0.510. The van der Waals surface area contributed by atoms with Gasteiger partial charge in [0.1, 0.15) is 0 Å². The lowest BCUT2D eigenvalue weighted by Crippen LogP contribution is -2.33. The minimum Gasteiger partial charge on any atom is -0.364 e.